The van der Waals surface area contributed by atoms with E-state index in [0.29, 0.717) is 29.9 Å². The molecular weight excluding hydrogens is 344 g/mol. The van der Waals surface area contributed by atoms with Crippen molar-refractivity contribution in [2.75, 3.05) is 34.5 Å². The molecular formula is C17H30O7Si. The molecule has 7 nitrogen and oxygen atoms in total. The SMILES string of the molecule is CCOC(C)Oc1cccc(OC(C)OCC)c1[Si](OC)(OC)OC. The van der Waals surface area contributed by atoms with Crippen LogP contribution in [0.1, 0.15) is 27.7 Å². The largest absolute Gasteiger partial charge is 0.544 e. The molecule has 0 N–H and O–H groups in total. The van der Waals surface area contributed by atoms with Gasteiger partial charge >= 0.3 is 8.80 Å². The standard InChI is InChI=1S/C17H30O7Si/c1-8-21-13(3)23-15-11-10-12-16(24-14(4)22-9-2)17(15)25(18-5,19-6)20-7/h10-14H,8-9H2,1-7H3. The van der Waals surface area contributed by atoms with Crippen LogP contribution in [0.4, 0.5) is 0 Å². The van der Waals surface area contributed by atoms with E-state index in [2.05, 4.69) is 0 Å². The predicted molar refractivity (Wildman–Crippen MR) is 96.3 cm³/mol. The van der Waals surface area contributed by atoms with E-state index in [-0.39, 0.29) is 0 Å². The van der Waals surface area contributed by atoms with E-state index in [0.717, 1.165) is 0 Å². The summed E-state index contributed by atoms with van der Waals surface area (Å²) in [5.74, 6) is 1.05. The second-order valence-corrected chi connectivity index (χ2v) is 7.92. The van der Waals surface area contributed by atoms with Gasteiger partial charge in [-0.3, -0.25) is 0 Å². The normalized spacial score (nSPS) is 14.2. The molecule has 0 fully saturated rings. The Labute approximate surface area is 151 Å². The van der Waals surface area contributed by atoms with Crippen LogP contribution < -0.4 is 14.7 Å². The number of ether oxygens (including phenoxy) is 4. The molecule has 0 radical (unpaired) electrons. The van der Waals surface area contributed by atoms with Crippen LogP contribution in [0.15, 0.2) is 18.2 Å². The van der Waals surface area contributed by atoms with E-state index in [1.165, 1.54) is 21.3 Å². The lowest BCUT2D eigenvalue weighted by Crippen LogP contribution is -2.56. The molecule has 0 saturated carbocycles. The molecule has 2 atom stereocenters. The number of rotatable bonds is 12. The van der Waals surface area contributed by atoms with Crippen molar-refractivity contribution in [2.45, 2.75) is 40.3 Å². The predicted octanol–water partition coefficient (Wildman–Crippen LogP) is 2.29. The highest BCUT2D eigenvalue weighted by Gasteiger charge is 2.47. The minimum absolute atomic E-state index is 0.444. The van der Waals surface area contributed by atoms with Crippen molar-refractivity contribution >= 4 is 14.0 Å². The number of hydrogen-bond donors (Lipinski definition) is 0. The van der Waals surface area contributed by atoms with E-state index in [4.69, 9.17) is 32.2 Å². The molecule has 0 aliphatic heterocycles. The quantitative estimate of drug-likeness (QED) is 0.411. The molecule has 0 aromatic heterocycles. The lowest BCUT2D eigenvalue weighted by atomic mass is 10.3. The molecule has 1 rings (SSSR count). The third-order valence-electron chi connectivity index (χ3n) is 3.49. The van der Waals surface area contributed by atoms with Gasteiger partial charge < -0.3 is 32.2 Å². The van der Waals surface area contributed by atoms with Gasteiger partial charge in [0.25, 0.3) is 0 Å². The van der Waals surface area contributed by atoms with Gasteiger partial charge in [0, 0.05) is 34.5 Å². The van der Waals surface area contributed by atoms with Gasteiger partial charge in [-0.05, 0) is 39.8 Å². The van der Waals surface area contributed by atoms with Crippen molar-refractivity contribution in [3.63, 3.8) is 0 Å². The van der Waals surface area contributed by atoms with Crippen molar-refractivity contribution in [3.05, 3.63) is 18.2 Å². The molecule has 0 aliphatic rings. The zero-order valence-electron chi connectivity index (χ0n) is 16.2. The molecule has 8 heteroatoms. The van der Waals surface area contributed by atoms with Crippen molar-refractivity contribution in [3.8, 4) is 11.5 Å². The summed E-state index contributed by atoms with van der Waals surface area (Å²) < 4.78 is 39.7. The third kappa shape index (κ3) is 5.66. The summed E-state index contributed by atoms with van der Waals surface area (Å²) in [6, 6.07) is 5.44. The third-order valence-corrected chi connectivity index (χ3v) is 6.21. The fourth-order valence-corrected chi connectivity index (χ4v) is 4.46. The molecule has 2 unspecified atom stereocenters. The fraction of sp³-hybridized carbons (Fsp3) is 0.647. The summed E-state index contributed by atoms with van der Waals surface area (Å²) in [6.07, 6.45) is -0.888. The molecule has 1 aromatic carbocycles. The number of benzene rings is 1. The van der Waals surface area contributed by atoms with Crippen molar-refractivity contribution in [2.24, 2.45) is 0 Å². The maximum absolute atomic E-state index is 5.93. The first-order chi connectivity index (χ1) is 12.0. The monoisotopic (exact) mass is 374 g/mol. The van der Waals surface area contributed by atoms with Crippen LogP contribution in [0.2, 0.25) is 0 Å². The Morgan fingerprint density at radius 1 is 0.800 bits per heavy atom. The van der Waals surface area contributed by atoms with Gasteiger partial charge in [0.1, 0.15) is 16.7 Å². The first-order valence-electron chi connectivity index (χ1n) is 8.33. The topological polar surface area (TPSA) is 64.6 Å². The van der Waals surface area contributed by atoms with E-state index in [1.807, 2.05) is 45.9 Å². The van der Waals surface area contributed by atoms with Gasteiger partial charge in [-0.15, -0.1) is 0 Å². The smallest absolute Gasteiger partial charge is 0.465 e. The van der Waals surface area contributed by atoms with Gasteiger partial charge in [-0.1, -0.05) is 6.07 Å². The van der Waals surface area contributed by atoms with Crippen molar-refractivity contribution in [1.82, 2.24) is 0 Å². The Hall–Kier alpha value is -1.16. The summed E-state index contributed by atoms with van der Waals surface area (Å²) in [7, 11) is 1.39. The van der Waals surface area contributed by atoms with Crippen LogP contribution >= 0.6 is 0 Å². The zero-order chi connectivity index (χ0) is 18.9. The first-order valence-corrected chi connectivity index (χ1v) is 10.1. The lowest BCUT2D eigenvalue weighted by Gasteiger charge is -2.29. The minimum atomic E-state index is -3.22. The molecule has 25 heavy (non-hydrogen) atoms. The summed E-state index contributed by atoms with van der Waals surface area (Å²) in [5, 5.41) is 0.598. The Morgan fingerprint density at radius 3 is 1.52 bits per heavy atom. The van der Waals surface area contributed by atoms with Crippen molar-refractivity contribution in [1.29, 1.82) is 0 Å². The minimum Gasteiger partial charge on any atom is -0.465 e. The zero-order valence-corrected chi connectivity index (χ0v) is 17.2. The highest BCUT2D eigenvalue weighted by Crippen LogP contribution is 2.26. The second-order valence-electron chi connectivity index (χ2n) is 5.08. The summed E-state index contributed by atoms with van der Waals surface area (Å²) >= 11 is 0. The Morgan fingerprint density at radius 2 is 1.20 bits per heavy atom. The molecule has 0 saturated heterocycles. The molecule has 144 valence electrons. The van der Waals surface area contributed by atoms with Crippen LogP contribution in [0.5, 0.6) is 11.5 Å². The van der Waals surface area contributed by atoms with E-state index >= 15 is 0 Å². The highest BCUT2D eigenvalue weighted by molar-refractivity contribution is 6.77. The maximum atomic E-state index is 5.93. The van der Waals surface area contributed by atoms with Gasteiger partial charge in [0.2, 0.25) is 0 Å². The summed E-state index contributed by atoms with van der Waals surface area (Å²) in [4.78, 5) is 0. The molecule has 0 amide bonds. The van der Waals surface area contributed by atoms with Crippen LogP contribution in [0, 0.1) is 0 Å². The van der Waals surface area contributed by atoms with Gasteiger partial charge in [0.05, 0.1) is 0 Å². The van der Waals surface area contributed by atoms with Gasteiger partial charge in [-0.25, -0.2) is 0 Å². The van der Waals surface area contributed by atoms with Gasteiger partial charge in [-0.2, -0.15) is 0 Å². The molecule has 0 spiro atoms. The van der Waals surface area contributed by atoms with E-state index < -0.39 is 21.4 Å². The molecule has 1 aromatic rings. The van der Waals surface area contributed by atoms with Crippen LogP contribution in [-0.4, -0.2) is 55.9 Å². The average Bonchev–Trinajstić information content (AvgIpc) is 2.59. The van der Waals surface area contributed by atoms with E-state index in [9.17, 15) is 0 Å². The van der Waals surface area contributed by atoms with Crippen LogP contribution in [0.3, 0.4) is 0 Å². The van der Waals surface area contributed by atoms with E-state index in [1.54, 1.807) is 0 Å². The molecule has 0 heterocycles. The Balaban J connectivity index is 3.36. The van der Waals surface area contributed by atoms with Crippen LogP contribution in [0.25, 0.3) is 0 Å². The highest BCUT2D eigenvalue weighted by atomic mass is 28.4. The molecule has 0 aliphatic carbocycles. The Bertz CT molecular complexity index is 467. The van der Waals surface area contributed by atoms with Crippen LogP contribution in [-0.2, 0) is 22.8 Å². The van der Waals surface area contributed by atoms with Crippen molar-refractivity contribution < 1.29 is 32.2 Å². The maximum Gasteiger partial charge on any atom is 0.544 e. The number of hydrogen-bond acceptors (Lipinski definition) is 7. The lowest BCUT2D eigenvalue weighted by molar-refractivity contribution is -0.0644. The van der Waals surface area contributed by atoms with Gasteiger partial charge in [0.15, 0.2) is 12.6 Å². The fourth-order valence-electron chi connectivity index (χ4n) is 2.46. The Kier molecular flexibility index (Phi) is 9.40. The second kappa shape index (κ2) is 10.7. The summed E-state index contributed by atoms with van der Waals surface area (Å²) in [5.41, 5.74) is 0. The average molecular weight is 375 g/mol. The first kappa shape index (κ1) is 21.9. The summed E-state index contributed by atoms with van der Waals surface area (Å²) in [6.45, 7) is 8.52. The molecule has 0 bridgehead atoms.